The van der Waals surface area contributed by atoms with Crippen LogP contribution >= 0.6 is 7.60 Å². The number of amides is 1. The van der Waals surface area contributed by atoms with Crippen LogP contribution in [0.3, 0.4) is 0 Å². The summed E-state index contributed by atoms with van der Waals surface area (Å²) in [6.07, 6.45) is -11.7. The molecule has 0 aliphatic carbocycles. The van der Waals surface area contributed by atoms with Gasteiger partial charge in [-0.1, -0.05) is 60.7 Å². The van der Waals surface area contributed by atoms with Gasteiger partial charge in [0.15, 0.2) is 13.2 Å². The van der Waals surface area contributed by atoms with Gasteiger partial charge in [0.25, 0.3) is 0 Å². The number of benzene rings is 2. The van der Waals surface area contributed by atoms with E-state index in [0.29, 0.717) is 11.1 Å². The first-order valence-corrected chi connectivity index (χ1v) is 11.0. The highest BCUT2D eigenvalue weighted by molar-refractivity contribution is 7.54. The Hall–Kier alpha value is -2.56. The smallest absolute Gasteiger partial charge is 0.412 e. The summed E-state index contributed by atoms with van der Waals surface area (Å²) in [7, 11) is -5.19. The van der Waals surface area contributed by atoms with Crippen molar-refractivity contribution in [2.24, 2.45) is 0 Å². The van der Waals surface area contributed by atoms with Crippen LogP contribution in [0.25, 0.3) is 0 Å². The molecule has 1 N–H and O–H groups in total. The number of carbonyl (C=O) groups is 1. The molecule has 182 valence electrons. The van der Waals surface area contributed by atoms with Crippen LogP contribution in [0, 0.1) is 0 Å². The summed E-state index contributed by atoms with van der Waals surface area (Å²) in [4.78, 5) is 12.3. The maximum Gasteiger partial charge on any atom is 0.412 e. The number of carbonyl (C=O) groups excluding carboxylic acids is 1. The lowest BCUT2D eigenvalue weighted by molar-refractivity contribution is -0.165. The third-order valence-corrected chi connectivity index (χ3v) is 6.02. The third-order valence-electron chi connectivity index (χ3n) is 3.97. The molecule has 0 aromatic heterocycles. The van der Waals surface area contributed by atoms with Gasteiger partial charge in [-0.05, 0) is 11.1 Å². The number of alkyl halides is 6. The predicted octanol–water partition coefficient (Wildman–Crippen LogP) is 5.83. The van der Waals surface area contributed by atoms with Gasteiger partial charge in [-0.3, -0.25) is 13.6 Å². The SMILES string of the molecule is O=C(NC(Cc1ccccc1)P(=O)(OCC(F)(F)F)OCC(F)(F)F)OCc1ccccc1. The third kappa shape index (κ3) is 10.3. The molecule has 33 heavy (non-hydrogen) atoms. The topological polar surface area (TPSA) is 73.9 Å². The lowest BCUT2D eigenvalue weighted by atomic mass is 10.1. The lowest BCUT2D eigenvalue weighted by Gasteiger charge is -2.28. The summed E-state index contributed by atoms with van der Waals surface area (Å²) in [5, 5.41) is 2.04. The molecule has 1 unspecified atom stereocenters. The summed E-state index contributed by atoms with van der Waals surface area (Å²) in [6.45, 7) is -4.54. The van der Waals surface area contributed by atoms with Crippen molar-refractivity contribution >= 4 is 13.7 Å². The van der Waals surface area contributed by atoms with E-state index in [2.05, 4.69) is 9.05 Å². The molecule has 0 bridgehead atoms. The number of hydrogen-bond donors (Lipinski definition) is 1. The number of nitrogens with one attached hydrogen (secondary N) is 1. The summed E-state index contributed by atoms with van der Waals surface area (Å²) in [5.41, 5.74) is 0.911. The van der Waals surface area contributed by atoms with E-state index in [1.54, 1.807) is 36.4 Å². The van der Waals surface area contributed by atoms with Crippen LogP contribution in [0.2, 0.25) is 0 Å². The Bertz CT molecular complexity index is 902. The number of ether oxygens (including phenoxy) is 1. The minimum absolute atomic E-state index is 0.248. The molecule has 0 saturated heterocycles. The number of rotatable bonds is 10. The van der Waals surface area contributed by atoms with E-state index in [1.165, 1.54) is 24.3 Å². The van der Waals surface area contributed by atoms with E-state index < -0.39 is 51.5 Å². The molecule has 2 rings (SSSR count). The quantitative estimate of drug-likeness (QED) is 0.329. The van der Waals surface area contributed by atoms with Crippen molar-refractivity contribution in [2.45, 2.75) is 31.2 Å². The van der Waals surface area contributed by atoms with Crippen LogP contribution in [0.1, 0.15) is 11.1 Å². The first-order chi connectivity index (χ1) is 15.4. The number of alkyl carbamates (subject to hydrolysis) is 1. The Morgan fingerprint density at radius 1 is 0.818 bits per heavy atom. The Morgan fingerprint density at radius 2 is 1.27 bits per heavy atom. The van der Waals surface area contributed by atoms with Crippen LogP contribution in [-0.2, 0) is 31.4 Å². The second kappa shape index (κ2) is 11.5. The van der Waals surface area contributed by atoms with Gasteiger partial charge in [-0.2, -0.15) is 26.3 Å². The molecular formula is C20H20F6NO5P. The molecule has 0 fully saturated rings. The average molecular weight is 499 g/mol. The normalized spacial score (nSPS) is 13.4. The van der Waals surface area contributed by atoms with Crippen molar-refractivity contribution in [2.75, 3.05) is 13.2 Å². The van der Waals surface area contributed by atoms with Crippen molar-refractivity contribution in [3.63, 3.8) is 0 Å². The highest BCUT2D eigenvalue weighted by Gasteiger charge is 2.44. The van der Waals surface area contributed by atoms with Gasteiger partial charge in [0.05, 0.1) is 0 Å². The molecule has 0 saturated carbocycles. The van der Waals surface area contributed by atoms with Gasteiger partial charge < -0.3 is 10.1 Å². The van der Waals surface area contributed by atoms with E-state index in [1.807, 2.05) is 5.32 Å². The molecule has 1 amide bonds. The Balaban J connectivity index is 2.25. The number of hydrogen-bond acceptors (Lipinski definition) is 5. The fourth-order valence-electron chi connectivity index (χ4n) is 2.52. The van der Waals surface area contributed by atoms with Crippen molar-refractivity contribution < 1.29 is 49.5 Å². The highest BCUT2D eigenvalue weighted by Crippen LogP contribution is 2.54. The summed E-state index contributed by atoms with van der Waals surface area (Å²) < 4.78 is 103. The first-order valence-electron chi connectivity index (χ1n) is 9.40. The highest BCUT2D eigenvalue weighted by atomic mass is 31.2. The molecule has 0 spiro atoms. The molecule has 6 nitrogen and oxygen atoms in total. The van der Waals surface area contributed by atoms with E-state index in [4.69, 9.17) is 4.74 Å². The minimum Gasteiger partial charge on any atom is -0.445 e. The van der Waals surface area contributed by atoms with Crippen molar-refractivity contribution in [1.29, 1.82) is 0 Å². The van der Waals surface area contributed by atoms with E-state index in [0.717, 1.165) is 0 Å². The molecule has 1 atom stereocenters. The van der Waals surface area contributed by atoms with Crippen LogP contribution in [0.15, 0.2) is 60.7 Å². The fraction of sp³-hybridized carbons (Fsp3) is 0.350. The van der Waals surface area contributed by atoms with Crippen LogP contribution in [-0.4, -0.2) is 37.4 Å². The molecule has 0 heterocycles. The minimum atomic E-state index is -5.19. The molecule has 2 aromatic rings. The maximum absolute atomic E-state index is 13.1. The fourth-order valence-corrected chi connectivity index (χ4v) is 4.31. The van der Waals surface area contributed by atoms with Gasteiger partial charge in [0.1, 0.15) is 12.4 Å². The summed E-state index contributed by atoms with van der Waals surface area (Å²) >= 11 is 0. The standard InChI is InChI=1S/C20H20F6NO5P/c21-19(22,23)13-31-33(29,32-14-20(24,25)26)17(11-15-7-3-1-4-8-15)27-18(28)30-12-16-9-5-2-6-10-16/h1-10,17H,11-14H2,(H,27,28). The van der Waals surface area contributed by atoms with Gasteiger partial charge in [-0.25, -0.2) is 4.79 Å². The predicted molar refractivity (Wildman–Crippen MR) is 105 cm³/mol. The van der Waals surface area contributed by atoms with Gasteiger partial charge in [0.2, 0.25) is 0 Å². The molecule has 0 radical (unpaired) electrons. The number of halogens is 6. The Morgan fingerprint density at radius 3 is 1.73 bits per heavy atom. The van der Waals surface area contributed by atoms with E-state index in [-0.39, 0.29) is 6.61 Å². The van der Waals surface area contributed by atoms with Gasteiger partial charge >= 0.3 is 26.0 Å². The van der Waals surface area contributed by atoms with E-state index in [9.17, 15) is 35.7 Å². The lowest BCUT2D eigenvalue weighted by Crippen LogP contribution is -2.39. The zero-order valence-corrected chi connectivity index (χ0v) is 17.8. The molecular weight excluding hydrogens is 479 g/mol. The zero-order valence-electron chi connectivity index (χ0n) is 16.9. The van der Waals surface area contributed by atoms with Crippen LogP contribution in [0.4, 0.5) is 31.1 Å². The first kappa shape index (κ1) is 26.7. The van der Waals surface area contributed by atoms with E-state index >= 15 is 0 Å². The summed E-state index contributed by atoms with van der Waals surface area (Å²) in [6, 6.07) is 15.9. The molecule has 0 aliphatic rings. The molecule has 2 aromatic carbocycles. The Labute approximate surface area is 185 Å². The average Bonchev–Trinajstić information content (AvgIpc) is 2.75. The molecule has 0 aliphatic heterocycles. The molecule has 13 heteroatoms. The largest absolute Gasteiger partial charge is 0.445 e. The van der Waals surface area contributed by atoms with Gasteiger partial charge in [0, 0.05) is 6.42 Å². The van der Waals surface area contributed by atoms with Crippen LogP contribution < -0.4 is 5.32 Å². The second-order valence-electron chi connectivity index (χ2n) is 6.73. The van der Waals surface area contributed by atoms with Crippen molar-refractivity contribution in [3.8, 4) is 0 Å². The summed E-state index contributed by atoms with van der Waals surface area (Å²) in [5.74, 6) is -1.90. The van der Waals surface area contributed by atoms with Crippen molar-refractivity contribution in [1.82, 2.24) is 5.32 Å². The second-order valence-corrected chi connectivity index (χ2v) is 8.95. The zero-order chi connectivity index (χ0) is 24.5. The van der Waals surface area contributed by atoms with Crippen LogP contribution in [0.5, 0.6) is 0 Å². The van der Waals surface area contributed by atoms with Crippen molar-refractivity contribution in [3.05, 3.63) is 71.8 Å². The van der Waals surface area contributed by atoms with Gasteiger partial charge in [-0.15, -0.1) is 0 Å². The Kier molecular flexibility index (Phi) is 9.33. The monoisotopic (exact) mass is 499 g/mol. The maximum atomic E-state index is 13.1.